The third kappa shape index (κ3) is 4.11. The van der Waals surface area contributed by atoms with Crippen molar-refractivity contribution in [1.29, 1.82) is 0 Å². The summed E-state index contributed by atoms with van der Waals surface area (Å²) in [5.41, 5.74) is 2.12. The van der Waals surface area contributed by atoms with Gasteiger partial charge in [0.1, 0.15) is 0 Å². The van der Waals surface area contributed by atoms with Crippen LogP contribution < -0.4 is 5.32 Å². The summed E-state index contributed by atoms with van der Waals surface area (Å²) in [6, 6.07) is 12.1. The number of benzene rings is 1. The molecule has 0 saturated carbocycles. The van der Waals surface area contributed by atoms with Gasteiger partial charge in [0.05, 0.1) is 11.0 Å². The first-order chi connectivity index (χ1) is 12.3. The van der Waals surface area contributed by atoms with Crippen LogP contribution in [0.15, 0.2) is 36.4 Å². The fourth-order valence-corrected chi connectivity index (χ4v) is 4.58. The Morgan fingerprint density at radius 1 is 1.20 bits per heavy atom. The molecular weight excluding hydrogens is 332 g/mol. The fraction of sp³-hybridized carbons (Fsp3) is 0.450. The number of anilines is 1. The second kappa shape index (κ2) is 7.68. The molecule has 1 aromatic carbocycles. The Kier molecular flexibility index (Phi) is 5.15. The van der Waals surface area contributed by atoms with Gasteiger partial charge in [0.15, 0.2) is 0 Å². The van der Waals surface area contributed by atoms with E-state index in [2.05, 4.69) is 22.3 Å². The second-order valence-electron chi connectivity index (χ2n) is 6.84. The first-order valence-electron chi connectivity index (χ1n) is 9.12. The second-order valence-corrected chi connectivity index (χ2v) is 7.96. The quantitative estimate of drug-likeness (QED) is 0.861. The van der Waals surface area contributed by atoms with E-state index in [9.17, 15) is 4.79 Å². The minimum absolute atomic E-state index is 0.0347. The van der Waals surface area contributed by atoms with Crippen LogP contribution in [0.25, 0.3) is 0 Å². The standard InChI is InChI=1S/C20H24N2O2S/c23-20(19-9-8-18(25-19)17-7-4-12-24-17)21-16-6-3-5-15(13-16)14-22-10-1-2-11-22/h3,5-6,8-9,13,17H,1-2,4,7,10-12,14H2,(H,21,23). The molecule has 132 valence electrons. The number of nitrogens with zero attached hydrogens (tertiary/aromatic N) is 1. The minimum atomic E-state index is -0.0347. The third-order valence-electron chi connectivity index (χ3n) is 4.89. The SMILES string of the molecule is O=C(Nc1cccc(CN2CCCC2)c1)c1ccc(C2CCCO2)s1. The van der Waals surface area contributed by atoms with E-state index in [4.69, 9.17) is 4.74 Å². The maximum absolute atomic E-state index is 12.5. The zero-order chi connectivity index (χ0) is 17.1. The Morgan fingerprint density at radius 2 is 2.08 bits per heavy atom. The van der Waals surface area contributed by atoms with Gasteiger partial charge in [-0.3, -0.25) is 9.69 Å². The number of likely N-dealkylation sites (tertiary alicyclic amines) is 1. The van der Waals surface area contributed by atoms with Gasteiger partial charge >= 0.3 is 0 Å². The minimum Gasteiger partial charge on any atom is -0.373 e. The predicted octanol–water partition coefficient (Wildman–Crippen LogP) is 4.45. The van der Waals surface area contributed by atoms with Gasteiger partial charge in [-0.15, -0.1) is 11.3 Å². The number of hydrogen-bond acceptors (Lipinski definition) is 4. The Labute approximate surface area is 152 Å². The summed E-state index contributed by atoms with van der Waals surface area (Å²) >= 11 is 1.54. The number of carbonyl (C=O) groups is 1. The Balaban J connectivity index is 1.40. The van der Waals surface area contributed by atoms with Crippen molar-refractivity contribution in [1.82, 2.24) is 4.90 Å². The van der Waals surface area contributed by atoms with Crippen molar-refractivity contribution < 1.29 is 9.53 Å². The van der Waals surface area contributed by atoms with Crippen molar-refractivity contribution in [2.45, 2.75) is 38.3 Å². The molecule has 0 radical (unpaired) electrons. The van der Waals surface area contributed by atoms with E-state index in [1.54, 1.807) is 11.3 Å². The number of amides is 1. The van der Waals surface area contributed by atoms with Crippen molar-refractivity contribution in [3.8, 4) is 0 Å². The number of carbonyl (C=O) groups excluding carboxylic acids is 1. The van der Waals surface area contributed by atoms with Crippen molar-refractivity contribution in [3.63, 3.8) is 0 Å². The van der Waals surface area contributed by atoms with Crippen LogP contribution in [0.4, 0.5) is 5.69 Å². The molecule has 3 heterocycles. The largest absolute Gasteiger partial charge is 0.373 e. The van der Waals surface area contributed by atoms with Gasteiger partial charge in [-0.25, -0.2) is 0 Å². The fourth-order valence-electron chi connectivity index (χ4n) is 3.59. The number of ether oxygens (including phenoxy) is 1. The van der Waals surface area contributed by atoms with Gasteiger partial charge in [-0.1, -0.05) is 12.1 Å². The summed E-state index contributed by atoms with van der Waals surface area (Å²) in [4.78, 5) is 16.9. The predicted molar refractivity (Wildman–Crippen MR) is 101 cm³/mol. The number of hydrogen-bond donors (Lipinski definition) is 1. The first kappa shape index (κ1) is 16.8. The third-order valence-corrected chi connectivity index (χ3v) is 6.06. The average Bonchev–Trinajstić information content (AvgIpc) is 3.37. The van der Waals surface area contributed by atoms with Crippen molar-refractivity contribution in [3.05, 3.63) is 51.7 Å². The van der Waals surface area contributed by atoms with Crippen LogP contribution in [0.2, 0.25) is 0 Å². The van der Waals surface area contributed by atoms with Gasteiger partial charge in [0, 0.05) is 23.7 Å². The summed E-state index contributed by atoms with van der Waals surface area (Å²) in [6.07, 6.45) is 4.92. The summed E-state index contributed by atoms with van der Waals surface area (Å²) in [5, 5.41) is 3.04. The highest BCUT2D eigenvalue weighted by Crippen LogP contribution is 2.33. The molecule has 1 aromatic heterocycles. The summed E-state index contributed by atoms with van der Waals surface area (Å²) in [5.74, 6) is -0.0347. The lowest BCUT2D eigenvalue weighted by atomic mass is 10.2. The van der Waals surface area contributed by atoms with Crippen molar-refractivity contribution >= 4 is 22.9 Å². The van der Waals surface area contributed by atoms with Gasteiger partial charge in [0.25, 0.3) is 5.91 Å². The first-order valence-corrected chi connectivity index (χ1v) is 9.93. The highest BCUT2D eigenvalue weighted by atomic mass is 32.1. The highest BCUT2D eigenvalue weighted by molar-refractivity contribution is 7.14. The van der Waals surface area contributed by atoms with Gasteiger partial charge in [-0.05, 0) is 68.6 Å². The van der Waals surface area contributed by atoms with Gasteiger partial charge in [0.2, 0.25) is 0 Å². The average molecular weight is 356 g/mol. The topological polar surface area (TPSA) is 41.6 Å². The molecule has 1 amide bonds. The molecule has 0 bridgehead atoms. The van der Waals surface area contributed by atoms with Crippen LogP contribution in [0, 0.1) is 0 Å². The molecule has 2 aliphatic heterocycles. The number of thiophene rings is 1. The molecule has 2 aliphatic rings. The lowest BCUT2D eigenvalue weighted by Gasteiger charge is -2.15. The van der Waals surface area contributed by atoms with Gasteiger partial charge in [-0.2, -0.15) is 0 Å². The van der Waals surface area contributed by atoms with E-state index < -0.39 is 0 Å². The Hall–Kier alpha value is -1.69. The molecule has 2 saturated heterocycles. The normalized spacial score (nSPS) is 20.9. The van der Waals surface area contributed by atoms with Crippen LogP contribution in [-0.2, 0) is 11.3 Å². The molecular formula is C20H24N2O2S. The number of nitrogens with one attached hydrogen (secondary N) is 1. The van der Waals surface area contributed by atoms with E-state index in [1.165, 1.54) is 31.5 Å². The highest BCUT2D eigenvalue weighted by Gasteiger charge is 2.21. The maximum Gasteiger partial charge on any atom is 0.265 e. The lowest BCUT2D eigenvalue weighted by Crippen LogP contribution is -2.18. The lowest BCUT2D eigenvalue weighted by molar-refractivity contribution is 0.103. The van der Waals surface area contributed by atoms with Crippen LogP contribution in [0.3, 0.4) is 0 Å². The van der Waals surface area contributed by atoms with E-state index in [1.807, 2.05) is 24.3 Å². The molecule has 5 heteroatoms. The Morgan fingerprint density at radius 3 is 2.88 bits per heavy atom. The molecule has 1 atom stereocenters. The van der Waals surface area contributed by atoms with Crippen LogP contribution in [0.1, 0.15) is 51.9 Å². The smallest absolute Gasteiger partial charge is 0.265 e. The molecule has 1 unspecified atom stereocenters. The van der Waals surface area contributed by atoms with Gasteiger partial charge < -0.3 is 10.1 Å². The molecule has 0 aliphatic carbocycles. The zero-order valence-electron chi connectivity index (χ0n) is 14.4. The number of rotatable bonds is 5. The summed E-state index contributed by atoms with van der Waals surface area (Å²) in [7, 11) is 0. The Bertz CT molecular complexity index is 731. The van der Waals surface area contributed by atoms with E-state index in [0.717, 1.165) is 41.4 Å². The maximum atomic E-state index is 12.5. The molecule has 2 aromatic rings. The van der Waals surface area contributed by atoms with E-state index >= 15 is 0 Å². The van der Waals surface area contributed by atoms with Crippen molar-refractivity contribution in [2.75, 3.05) is 25.0 Å². The van der Waals surface area contributed by atoms with E-state index in [-0.39, 0.29) is 12.0 Å². The van der Waals surface area contributed by atoms with E-state index in [0.29, 0.717) is 0 Å². The zero-order valence-corrected chi connectivity index (χ0v) is 15.2. The van der Waals surface area contributed by atoms with Crippen LogP contribution in [-0.4, -0.2) is 30.5 Å². The summed E-state index contributed by atoms with van der Waals surface area (Å²) < 4.78 is 5.70. The molecule has 1 N–H and O–H groups in total. The van der Waals surface area contributed by atoms with Crippen LogP contribution >= 0.6 is 11.3 Å². The molecule has 0 spiro atoms. The molecule has 4 rings (SSSR count). The van der Waals surface area contributed by atoms with Crippen molar-refractivity contribution in [2.24, 2.45) is 0 Å². The molecule has 25 heavy (non-hydrogen) atoms. The van der Waals surface area contributed by atoms with Crippen LogP contribution in [0.5, 0.6) is 0 Å². The monoisotopic (exact) mass is 356 g/mol. The molecule has 2 fully saturated rings. The summed E-state index contributed by atoms with van der Waals surface area (Å²) in [6.45, 7) is 4.15. The molecule has 4 nitrogen and oxygen atoms in total.